The topological polar surface area (TPSA) is 83.9 Å². The van der Waals surface area contributed by atoms with Crippen molar-refractivity contribution in [3.8, 4) is 11.5 Å². The first kappa shape index (κ1) is 25.1. The first-order chi connectivity index (χ1) is 15.9. The van der Waals surface area contributed by atoms with E-state index in [9.17, 15) is 0 Å². The predicted molar refractivity (Wildman–Crippen MR) is 133 cm³/mol. The molecule has 0 amide bonds. The number of aromatic nitrogens is 1. The van der Waals surface area contributed by atoms with Crippen LogP contribution in [0.1, 0.15) is 57.6 Å². The van der Waals surface area contributed by atoms with Crippen LogP contribution in [0.15, 0.2) is 12.1 Å². The lowest BCUT2D eigenvalue weighted by atomic mass is 9.96. The lowest BCUT2D eigenvalue weighted by molar-refractivity contribution is -0.122. The van der Waals surface area contributed by atoms with E-state index >= 15 is 0 Å². The number of rotatable bonds is 8. The molecule has 7 nitrogen and oxygen atoms in total. The zero-order chi connectivity index (χ0) is 23.8. The maximum atomic E-state index is 8.36. The SMILES string of the molecule is COc1cc2c3c(c(NCC(C)(C)C)nc2cc1OCCCN1CCCC1)CCC3.O=CO. The molecule has 0 radical (unpaired) electrons. The number of benzene rings is 1. The quantitative estimate of drug-likeness (QED) is 0.437. The van der Waals surface area contributed by atoms with Gasteiger partial charge in [0.2, 0.25) is 0 Å². The molecule has 1 aromatic heterocycles. The van der Waals surface area contributed by atoms with Crippen molar-refractivity contribution < 1.29 is 19.4 Å². The molecule has 1 aliphatic carbocycles. The van der Waals surface area contributed by atoms with Crippen LogP contribution < -0.4 is 14.8 Å². The highest BCUT2D eigenvalue weighted by atomic mass is 16.5. The zero-order valence-electron chi connectivity index (χ0n) is 20.6. The van der Waals surface area contributed by atoms with Gasteiger partial charge in [-0.25, -0.2) is 4.98 Å². The Balaban J connectivity index is 0.000000968. The van der Waals surface area contributed by atoms with Gasteiger partial charge in [0.05, 0.1) is 19.2 Å². The highest BCUT2D eigenvalue weighted by Crippen LogP contribution is 2.39. The number of aryl methyl sites for hydroxylation is 1. The molecule has 1 fully saturated rings. The first-order valence-electron chi connectivity index (χ1n) is 12.1. The summed E-state index contributed by atoms with van der Waals surface area (Å²) in [7, 11) is 1.73. The van der Waals surface area contributed by atoms with Crippen molar-refractivity contribution in [2.24, 2.45) is 5.41 Å². The summed E-state index contributed by atoms with van der Waals surface area (Å²) in [5.74, 6) is 2.67. The molecule has 0 bridgehead atoms. The van der Waals surface area contributed by atoms with Crippen LogP contribution in [0.4, 0.5) is 5.82 Å². The monoisotopic (exact) mass is 457 g/mol. The Labute approximate surface area is 197 Å². The first-order valence-corrected chi connectivity index (χ1v) is 12.1. The molecule has 7 heteroatoms. The number of fused-ring (bicyclic) bond motifs is 3. The summed E-state index contributed by atoms with van der Waals surface area (Å²) < 4.78 is 11.8. The number of anilines is 1. The molecule has 2 aliphatic rings. The maximum Gasteiger partial charge on any atom is 0.290 e. The molecule has 182 valence electrons. The largest absolute Gasteiger partial charge is 0.493 e. The molecule has 1 aromatic carbocycles. The summed E-state index contributed by atoms with van der Waals surface area (Å²) in [6, 6.07) is 4.21. The van der Waals surface area contributed by atoms with E-state index in [0.717, 1.165) is 55.2 Å². The lowest BCUT2D eigenvalue weighted by Crippen LogP contribution is -2.22. The lowest BCUT2D eigenvalue weighted by Gasteiger charge is -2.21. The van der Waals surface area contributed by atoms with Crippen LogP contribution in [0.2, 0.25) is 0 Å². The predicted octanol–water partition coefficient (Wildman–Crippen LogP) is 4.76. The molecular formula is C26H39N3O4. The number of pyridine rings is 1. The molecule has 0 saturated carbocycles. The molecule has 4 rings (SSSR count). The number of methoxy groups -OCH3 is 1. The number of nitrogens with one attached hydrogen (secondary N) is 1. The minimum atomic E-state index is -0.250. The number of ether oxygens (including phenoxy) is 2. The van der Waals surface area contributed by atoms with E-state index in [-0.39, 0.29) is 11.9 Å². The van der Waals surface area contributed by atoms with E-state index in [1.54, 1.807) is 7.11 Å². The summed E-state index contributed by atoms with van der Waals surface area (Å²) in [6.45, 7) is 11.7. The third-order valence-electron chi connectivity index (χ3n) is 6.20. The highest BCUT2D eigenvalue weighted by Gasteiger charge is 2.22. The normalized spacial score (nSPS) is 15.6. The standard InChI is InChI=1S/C25H37N3O2.CH2O2/c1-25(2,3)17-26-24-19-10-7-9-18(19)20-15-22(29-4)23(16-21(20)27-24)30-14-8-13-28-11-5-6-12-28;2-1-3/h15-16H,5-14,17H2,1-4H3,(H,26,27);1H,(H,2,3). The smallest absolute Gasteiger partial charge is 0.290 e. The van der Waals surface area contributed by atoms with Crippen molar-refractivity contribution in [2.45, 2.75) is 59.3 Å². The van der Waals surface area contributed by atoms with Gasteiger partial charge in [-0.05, 0) is 74.2 Å². The van der Waals surface area contributed by atoms with E-state index in [2.05, 4.69) is 43.1 Å². The maximum absolute atomic E-state index is 8.36. The van der Waals surface area contributed by atoms with Crippen molar-refractivity contribution in [1.29, 1.82) is 0 Å². The third kappa shape index (κ3) is 6.73. The Morgan fingerprint density at radius 3 is 2.48 bits per heavy atom. The van der Waals surface area contributed by atoms with Gasteiger partial charge >= 0.3 is 0 Å². The molecule has 2 aromatic rings. The van der Waals surface area contributed by atoms with Gasteiger partial charge in [-0.2, -0.15) is 0 Å². The summed E-state index contributed by atoms with van der Waals surface area (Å²) in [5, 5.41) is 11.7. The van der Waals surface area contributed by atoms with Crippen LogP contribution in [0.3, 0.4) is 0 Å². The Hall–Kier alpha value is -2.54. The second-order valence-electron chi connectivity index (χ2n) is 10.1. The summed E-state index contributed by atoms with van der Waals surface area (Å²) in [6.07, 6.45) is 7.11. The van der Waals surface area contributed by atoms with Gasteiger partial charge in [-0.3, -0.25) is 4.79 Å². The summed E-state index contributed by atoms with van der Waals surface area (Å²) >= 11 is 0. The van der Waals surface area contributed by atoms with Crippen LogP contribution >= 0.6 is 0 Å². The van der Waals surface area contributed by atoms with Crippen molar-refractivity contribution in [2.75, 3.05) is 45.2 Å². The number of nitrogens with zero attached hydrogens (tertiary/aromatic N) is 2. The fourth-order valence-corrected chi connectivity index (χ4v) is 4.62. The minimum Gasteiger partial charge on any atom is -0.493 e. The third-order valence-corrected chi connectivity index (χ3v) is 6.20. The summed E-state index contributed by atoms with van der Waals surface area (Å²) in [4.78, 5) is 15.9. The van der Waals surface area contributed by atoms with Crippen LogP contribution in [0.5, 0.6) is 11.5 Å². The molecule has 1 saturated heterocycles. The molecular weight excluding hydrogens is 418 g/mol. The fraction of sp³-hybridized carbons (Fsp3) is 0.615. The average Bonchev–Trinajstić information content (AvgIpc) is 3.47. The highest BCUT2D eigenvalue weighted by molar-refractivity contribution is 5.89. The van der Waals surface area contributed by atoms with E-state index in [4.69, 9.17) is 24.4 Å². The Morgan fingerprint density at radius 2 is 1.82 bits per heavy atom. The van der Waals surface area contributed by atoms with Crippen molar-refractivity contribution in [3.05, 3.63) is 23.3 Å². The van der Waals surface area contributed by atoms with Gasteiger partial charge in [-0.15, -0.1) is 0 Å². The number of carboxylic acid groups (broad SMARTS) is 1. The average molecular weight is 458 g/mol. The van der Waals surface area contributed by atoms with Gasteiger partial charge in [0.1, 0.15) is 5.82 Å². The number of carbonyl (C=O) groups is 1. The molecule has 0 atom stereocenters. The minimum absolute atomic E-state index is 0.214. The zero-order valence-corrected chi connectivity index (χ0v) is 20.6. The van der Waals surface area contributed by atoms with Gasteiger partial charge in [-0.1, -0.05) is 20.8 Å². The molecule has 33 heavy (non-hydrogen) atoms. The fourth-order valence-electron chi connectivity index (χ4n) is 4.62. The number of hydrogen-bond donors (Lipinski definition) is 2. The Kier molecular flexibility index (Phi) is 8.78. The van der Waals surface area contributed by atoms with Crippen molar-refractivity contribution in [1.82, 2.24) is 9.88 Å². The van der Waals surface area contributed by atoms with E-state index < -0.39 is 0 Å². The van der Waals surface area contributed by atoms with Gasteiger partial charge in [0.25, 0.3) is 6.47 Å². The Morgan fingerprint density at radius 1 is 1.12 bits per heavy atom. The molecule has 2 N–H and O–H groups in total. The molecule has 0 spiro atoms. The number of likely N-dealkylation sites (tertiary alicyclic amines) is 1. The van der Waals surface area contributed by atoms with Crippen LogP contribution in [-0.2, 0) is 17.6 Å². The van der Waals surface area contributed by atoms with Gasteiger partial charge in [0, 0.05) is 24.5 Å². The second kappa shape index (κ2) is 11.5. The molecule has 1 aliphatic heterocycles. The van der Waals surface area contributed by atoms with E-state index in [0.29, 0.717) is 6.61 Å². The molecule has 2 heterocycles. The Bertz CT molecular complexity index is 934. The van der Waals surface area contributed by atoms with Crippen molar-refractivity contribution >= 4 is 23.2 Å². The van der Waals surface area contributed by atoms with Crippen LogP contribution in [0.25, 0.3) is 10.9 Å². The van der Waals surface area contributed by atoms with E-state index in [1.165, 1.54) is 48.9 Å². The van der Waals surface area contributed by atoms with Crippen LogP contribution in [0, 0.1) is 5.41 Å². The summed E-state index contributed by atoms with van der Waals surface area (Å²) in [5.41, 5.74) is 4.02. The van der Waals surface area contributed by atoms with Crippen molar-refractivity contribution in [3.63, 3.8) is 0 Å². The van der Waals surface area contributed by atoms with Crippen LogP contribution in [-0.4, -0.2) is 61.4 Å². The van der Waals surface area contributed by atoms with Gasteiger partial charge < -0.3 is 24.8 Å². The van der Waals surface area contributed by atoms with Gasteiger partial charge in [0.15, 0.2) is 11.5 Å². The number of hydrogen-bond acceptors (Lipinski definition) is 6. The molecule has 0 unspecified atom stereocenters. The van der Waals surface area contributed by atoms with E-state index in [1.807, 2.05) is 0 Å². The second-order valence-corrected chi connectivity index (χ2v) is 10.1.